The number of methoxy groups -OCH3 is 1. The van der Waals surface area contributed by atoms with E-state index in [1.807, 2.05) is 0 Å². The first kappa shape index (κ1) is 30.0. The number of sulfonamides is 1. The van der Waals surface area contributed by atoms with Crippen molar-refractivity contribution in [2.24, 2.45) is 5.41 Å². The number of rotatable bonds is 10. The van der Waals surface area contributed by atoms with Crippen molar-refractivity contribution in [2.45, 2.75) is 36.7 Å². The number of ketones is 1. The minimum absolute atomic E-state index is 0.0168. The molecule has 0 amide bonds. The Hall–Kier alpha value is -3.02. The molecule has 8 nitrogen and oxygen atoms in total. The maximum Gasteiger partial charge on any atom is 0.318 e. The Kier molecular flexibility index (Phi) is 8.86. The summed E-state index contributed by atoms with van der Waals surface area (Å²) in [5, 5.41) is 13.5. The Labute approximate surface area is 241 Å². The number of carboxylic acids is 1. The summed E-state index contributed by atoms with van der Waals surface area (Å²) in [6.45, 7) is 1.74. The number of benzene rings is 3. The monoisotopic (exact) mass is 608 g/mol. The predicted molar refractivity (Wildman–Crippen MR) is 150 cm³/mol. The van der Waals surface area contributed by atoms with E-state index in [-0.39, 0.29) is 26.3 Å². The van der Waals surface area contributed by atoms with Gasteiger partial charge in [-0.3, -0.25) is 9.59 Å². The van der Waals surface area contributed by atoms with Crippen molar-refractivity contribution in [1.82, 2.24) is 10.0 Å². The first-order valence-electron chi connectivity index (χ1n) is 12.3. The lowest BCUT2D eigenvalue weighted by molar-refractivity contribution is -0.156. The van der Waals surface area contributed by atoms with Crippen molar-refractivity contribution in [2.75, 3.05) is 13.7 Å². The molecule has 0 radical (unpaired) electrons. The summed E-state index contributed by atoms with van der Waals surface area (Å²) >= 11 is 12.1. The lowest BCUT2D eigenvalue weighted by Crippen LogP contribution is -2.54. The van der Waals surface area contributed by atoms with Gasteiger partial charge in [0.1, 0.15) is 5.41 Å². The standard InChI is InChI=1S/C28H27Cl2FN2O6S/c1-28(27(35)36,26(34)23-7-4-12-32-23)25(33-40(37,38)20-14-18(29)13-19(30)15-20)17-10-8-16(9-11-17)21-5-3-6-22(31)24(21)39-2/h3,5-6,8-11,13-15,23,25,32-33H,4,7,12H2,1-2H3,(H,35,36)/t23?,25-,28+/m1/s1. The highest BCUT2D eigenvalue weighted by atomic mass is 35.5. The number of halogens is 3. The van der Waals surface area contributed by atoms with Crippen LogP contribution in [-0.2, 0) is 19.6 Å². The molecule has 12 heteroatoms. The third-order valence-electron chi connectivity index (χ3n) is 7.06. The Morgan fingerprint density at radius 3 is 2.33 bits per heavy atom. The van der Waals surface area contributed by atoms with Crippen molar-refractivity contribution < 1.29 is 32.2 Å². The van der Waals surface area contributed by atoms with Gasteiger partial charge in [-0.2, -0.15) is 0 Å². The van der Waals surface area contributed by atoms with Crippen LogP contribution < -0.4 is 14.8 Å². The lowest BCUT2D eigenvalue weighted by Gasteiger charge is -2.35. The molecular weight excluding hydrogens is 582 g/mol. The average molecular weight is 610 g/mol. The molecule has 1 aliphatic heterocycles. The van der Waals surface area contributed by atoms with Crippen LogP contribution >= 0.6 is 23.2 Å². The zero-order chi connectivity index (χ0) is 29.2. The van der Waals surface area contributed by atoms with E-state index in [0.717, 1.165) is 0 Å². The summed E-state index contributed by atoms with van der Waals surface area (Å²) in [6, 6.07) is 12.0. The summed E-state index contributed by atoms with van der Waals surface area (Å²) < 4.78 is 49.0. The highest BCUT2D eigenvalue weighted by Crippen LogP contribution is 2.40. The second kappa shape index (κ2) is 11.8. The predicted octanol–water partition coefficient (Wildman–Crippen LogP) is 5.24. The molecule has 1 heterocycles. The van der Waals surface area contributed by atoms with Gasteiger partial charge in [0.15, 0.2) is 17.3 Å². The van der Waals surface area contributed by atoms with E-state index in [1.54, 1.807) is 18.2 Å². The van der Waals surface area contributed by atoms with Crippen LogP contribution in [0.4, 0.5) is 4.39 Å². The van der Waals surface area contributed by atoms with Gasteiger partial charge in [0.25, 0.3) is 0 Å². The van der Waals surface area contributed by atoms with Crippen molar-refractivity contribution in [3.63, 3.8) is 0 Å². The Balaban J connectivity index is 1.84. The Bertz CT molecular complexity index is 1520. The van der Waals surface area contributed by atoms with E-state index in [0.29, 0.717) is 30.5 Å². The van der Waals surface area contributed by atoms with E-state index in [2.05, 4.69) is 10.0 Å². The van der Waals surface area contributed by atoms with Gasteiger partial charge in [0, 0.05) is 15.6 Å². The summed E-state index contributed by atoms with van der Waals surface area (Å²) in [6.07, 6.45) is 1.09. The molecule has 0 aromatic heterocycles. The maximum atomic E-state index is 14.3. The molecular formula is C28H27Cl2FN2O6S. The zero-order valence-corrected chi connectivity index (χ0v) is 23.9. The van der Waals surface area contributed by atoms with Gasteiger partial charge in [-0.05, 0) is 61.7 Å². The molecule has 212 valence electrons. The van der Waals surface area contributed by atoms with Crippen LogP contribution in [-0.4, -0.2) is 45.0 Å². The Morgan fingerprint density at radius 1 is 1.12 bits per heavy atom. The molecule has 4 rings (SSSR count). The Morgan fingerprint density at radius 2 is 1.77 bits per heavy atom. The minimum atomic E-state index is -4.43. The van der Waals surface area contributed by atoms with Crippen molar-refractivity contribution in [3.05, 3.63) is 82.1 Å². The molecule has 3 aromatic carbocycles. The lowest BCUT2D eigenvalue weighted by atomic mass is 9.73. The number of hydrogen-bond acceptors (Lipinski definition) is 6. The molecule has 3 atom stereocenters. The van der Waals surface area contributed by atoms with Crippen molar-refractivity contribution in [3.8, 4) is 16.9 Å². The smallest absolute Gasteiger partial charge is 0.318 e. The molecule has 1 unspecified atom stereocenters. The van der Waals surface area contributed by atoms with Gasteiger partial charge >= 0.3 is 5.97 Å². The summed E-state index contributed by atoms with van der Waals surface area (Å²) in [5.41, 5.74) is -1.04. The fourth-order valence-electron chi connectivity index (χ4n) is 4.87. The molecule has 40 heavy (non-hydrogen) atoms. The molecule has 1 saturated heterocycles. The summed E-state index contributed by atoms with van der Waals surface area (Å²) in [5.74, 6) is -2.71. The third-order valence-corrected chi connectivity index (χ3v) is 8.89. The second-order valence-corrected chi connectivity index (χ2v) is 12.2. The topological polar surface area (TPSA) is 122 Å². The maximum absolute atomic E-state index is 14.3. The van der Waals surface area contributed by atoms with Crippen molar-refractivity contribution >= 4 is 45.0 Å². The quantitative estimate of drug-likeness (QED) is 0.269. The SMILES string of the molecule is COc1c(F)cccc1-c1ccc([C@@H](NS(=O)(=O)c2cc(Cl)cc(Cl)c2)[C@](C)(C(=O)O)C(=O)C2CCCN2)cc1. The molecule has 0 spiro atoms. The number of Topliss-reactive ketones (excluding diaryl/α,β-unsaturated/α-hetero) is 1. The number of carboxylic acid groups (broad SMARTS) is 1. The van der Waals surface area contributed by atoms with E-state index >= 15 is 0 Å². The third kappa shape index (κ3) is 5.87. The normalized spacial score (nSPS) is 17.7. The highest BCUT2D eigenvalue weighted by molar-refractivity contribution is 7.89. The molecule has 3 aromatic rings. The molecule has 1 aliphatic rings. The van der Waals surface area contributed by atoms with Gasteiger partial charge < -0.3 is 15.2 Å². The van der Waals surface area contributed by atoms with Crippen LogP contribution in [0.3, 0.4) is 0 Å². The summed E-state index contributed by atoms with van der Waals surface area (Å²) in [4.78, 5) is 26.2. The number of carbonyl (C=O) groups is 2. The van der Waals surface area contributed by atoms with E-state index in [1.165, 1.54) is 56.5 Å². The largest absolute Gasteiger partial charge is 0.493 e. The minimum Gasteiger partial charge on any atom is -0.493 e. The number of nitrogens with one attached hydrogen (secondary N) is 2. The van der Waals surface area contributed by atoms with Crippen LogP contribution in [0.1, 0.15) is 31.4 Å². The van der Waals surface area contributed by atoms with E-state index in [9.17, 15) is 27.5 Å². The van der Waals surface area contributed by atoms with Crippen LogP contribution in [0, 0.1) is 11.2 Å². The fraction of sp³-hybridized carbons (Fsp3) is 0.286. The number of ether oxygens (including phenoxy) is 1. The first-order valence-corrected chi connectivity index (χ1v) is 14.5. The molecule has 0 bridgehead atoms. The average Bonchev–Trinajstić information content (AvgIpc) is 3.45. The van der Waals surface area contributed by atoms with Crippen molar-refractivity contribution in [1.29, 1.82) is 0 Å². The van der Waals surface area contributed by atoms with Gasteiger partial charge in [0.05, 0.1) is 24.1 Å². The van der Waals surface area contributed by atoms with E-state index in [4.69, 9.17) is 27.9 Å². The van der Waals surface area contributed by atoms with Gasteiger partial charge in [-0.25, -0.2) is 17.5 Å². The molecule has 0 saturated carbocycles. The second-order valence-electron chi connectivity index (χ2n) is 9.62. The zero-order valence-electron chi connectivity index (χ0n) is 21.6. The number of aliphatic carboxylic acids is 1. The number of para-hydroxylation sites is 1. The van der Waals surface area contributed by atoms with Crippen LogP contribution in [0.5, 0.6) is 5.75 Å². The molecule has 3 N–H and O–H groups in total. The highest BCUT2D eigenvalue weighted by Gasteiger charge is 2.52. The number of hydrogen-bond donors (Lipinski definition) is 3. The summed E-state index contributed by atoms with van der Waals surface area (Å²) in [7, 11) is -3.09. The molecule has 1 fully saturated rings. The fourth-order valence-corrected chi connectivity index (χ4v) is 6.90. The first-order chi connectivity index (χ1) is 18.9. The van der Waals surface area contributed by atoms with Gasteiger partial charge in [-0.1, -0.05) is 59.6 Å². The van der Waals surface area contributed by atoms with Crippen LogP contribution in [0.2, 0.25) is 10.0 Å². The van der Waals surface area contributed by atoms with Gasteiger partial charge in [-0.15, -0.1) is 0 Å². The van der Waals surface area contributed by atoms with Crippen LogP contribution in [0.15, 0.2) is 65.6 Å². The molecule has 0 aliphatic carbocycles. The van der Waals surface area contributed by atoms with Crippen LogP contribution in [0.25, 0.3) is 11.1 Å². The van der Waals surface area contributed by atoms with E-state index < -0.39 is 45.1 Å². The van der Waals surface area contributed by atoms with Gasteiger partial charge in [0.2, 0.25) is 10.0 Å². The number of carbonyl (C=O) groups excluding carboxylic acids is 1.